The third kappa shape index (κ3) is 4.19. The van der Waals surface area contributed by atoms with E-state index in [9.17, 15) is 13.2 Å². The quantitative estimate of drug-likeness (QED) is 0.428. The molecule has 31 heavy (non-hydrogen) atoms. The van der Waals surface area contributed by atoms with E-state index in [2.05, 4.69) is 15.3 Å². The zero-order valence-corrected chi connectivity index (χ0v) is 18.5. The Balaban J connectivity index is 1.56. The number of halogens is 1. The lowest BCUT2D eigenvalue weighted by molar-refractivity contribution is 0.102. The first-order chi connectivity index (χ1) is 14.8. The van der Waals surface area contributed by atoms with Gasteiger partial charge in [-0.1, -0.05) is 23.7 Å². The molecule has 0 atom stereocenters. The Hall–Kier alpha value is -3.16. The van der Waals surface area contributed by atoms with E-state index in [1.54, 1.807) is 38.1 Å². The van der Waals surface area contributed by atoms with Gasteiger partial charge in [-0.25, -0.2) is 13.4 Å². The number of carbonyl (C=O) groups is 1. The fraction of sp³-hybridized carbons (Fsp3) is 0.130. The molecule has 6 nitrogen and oxygen atoms in total. The van der Waals surface area contributed by atoms with E-state index < -0.39 is 15.1 Å². The zero-order valence-electron chi connectivity index (χ0n) is 16.9. The standard InChI is InChI=1S/C23H20ClN3O3S/c1-14(2)31(29,30)17-10-7-15(8-11-17)23(28)25-16-9-12-20-21(13-16)27-22(26-20)18-5-3-4-6-19(18)24/h3-14H,1-2H3,(H,25,28)(H,26,27). The first-order valence-electron chi connectivity index (χ1n) is 9.65. The van der Waals surface area contributed by atoms with Gasteiger partial charge in [0.1, 0.15) is 5.82 Å². The van der Waals surface area contributed by atoms with Crippen molar-refractivity contribution in [3.8, 4) is 11.4 Å². The van der Waals surface area contributed by atoms with Crippen molar-refractivity contribution in [2.45, 2.75) is 24.0 Å². The molecule has 0 fully saturated rings. The van der Waals surface area contributed by atoms with Crippen LogP contribution in [0.2, 0.25) is 5.02 Å². The van der Waals surface area contributed by atoms with Gasteiger partial charge in [-0.15, -0.1) is 0 Å². The molecule has 158 valence electrons. The van der Waals surface area contributed by atoms with Gasteiger partial charge in [0.15, 0.2) is 9.84 Å². The number of fused-ring (bicyclic) bond motifs is 1. The monoisotopic (exact) mass is 453 g/mol. The third-order valence-electron chi connectivity index (χ3n) is 4.93. The van der Waals surface area contributed by atoms with Crippen LogP contribution < -0.4 is 5.32 Å². The average Bonchev–Trinajstić information content (AvgIpc) is 3.17. The first-order valence-corrected chi connectivity index (χ1v) is 11.6. The van der Waals surface area contributed by atoms with Crippen LogP contribution in [0.1, 0.15) is 24.2 Å². The fourth-order valence-corrected chi connectivity index (χ4v) is 4.42. The lowest BCUT2D eigenvalue weighted by Crippen LogP contribution is -2.15. The number of amides is 1. The van der Waals surface area contributed by atoms with Gasteiger partial charge in [0.05, 0.1) is 26.2 Å². The molecular formula is C23H20ClN3O3S. The van der Waals surface area contributed by atoms with Crippen LogP contribution in [0.4, 0.5) is 5.69 Å². The fourth-order valence-electron chi connectivity index (χ4n) is 3.14. The van der Waals surface area contributed by atoms with Gasteiger partial charge in [0.25, 0.3) is 5.91 Å². The van der Waals surface area contributed by atoms with Crippen LogP contribution in [-0.4, -0.2) is 29.5 Å². The molecule has 4 rings (SSSR count). The minimum atomic E-state index is -3.38. The Bertz CT molecular complexity index is 1380. The summed E-state index contributed by atoms with van der Waals surface area (Å²) in [6.07, 6.45) is 0. The van der Waals surface area contributed by atoms with E-state index in [-0.39, 0.29) is 10.8 Å². The lowest BCUT2D eigenvalue weighted by atomic mass is 10.2. The highest BCUT2D eigenvalue weighted by atomic mass is 35.5. The third-order valence-corrected chi connectivity index (χ3v) is 7.43. The van der Waals surface area contributed by atoms with Crippen LogP contribution in [0.3, 0.4) is 0 Å². The van der Waals surface area contributed by atoms with Crippen LogP contribution in [0.25, 0.3) is 22.4 Å². The average molecular weight is 454 g/mol. The molecule has 2 N–H and O–H groups in total. The van der Waals surface area contributed by atoms with Gasteiger partial charge >= 0.3 is 0 Å². The normalized spacial score (nSPS) is 11.7. The predicted octanol–water partition coefficient (Wildman–Crippen LogP) is 5.32. The van der Waals surface area contributed by atoms with Crippen molar-refractivity contribution in [2.24, 2.45) is 0 Å². The van der Waals surface area contributed by atoms with Crippen molar-refractivity contribution >= 4 is 44.1 Å². The minimum Gasteiger partial charge on any atom is -0.338 e. The number of carbonyl (C=O) groups excluding carboxylic acids is 1. The summed E-state index contributed by atoms with van der Waals surface area (Å²) in [6.45, 7) is 3.25. The van der Waals surface area contributed by atoms with Crippen molar-refractivity contribution in [3.63, 3.8) is 0 Å². The van der Waals surface area contributed by atoms with E-state index in [1.807, 2.05) is 18.2 Å². The zero-order chi connectivity index (χ0) is 22.2. The van der Waals surface area contributed by atoms with Gasteiger partial charge in [-0.3, -0.25) is 4.79 Å². The number of sulfone groups is 1. The molecule has 0 aliphatic carbocycles. The molecule has 0 spiro atoms. The number of benzene rings is 3. The second-order valence-corrected chi connectivity index (χ2v) is 10.3. The highest BCUT2D eigenvalue weighted by molar-refractivity contribution is 7.92. The molecule has 0 unspecified atom stereocenters. The molecule has 1 heterocycles. The largest absolute Gasteiger partial charge is 0.338 e. The molecule has 3 aromatic carbocycles. The van der Waals surface area contributed by atoms with E-state index in [4.69, 9.17) is 11.6 Å². The molecule has 0 aliphatic rings. The van der Waals surface area contributed by atoms with Crippen molar-refractivity contribution in [1.29, 1.82) is 0 Å². The highest BCUT2D eigenvalue weighted by Gasteiger charge is 2.19. The summed E-state index contributed by atoms with van der Waals surface area (Å²) in [6, 6.07) is 18.7. The molecule has 8 heteroatoms. The number of anilines is 1. The number of imidazole rings is 1. The summed E-state index contributed by atoms with van der Waals surface area (Å²) in [4.78, 5) is 20.6. The Morgan fingerprint density at radius 3 is 2.42 bits per heavy atom. The van der Waals surface area contributed by atoms with Crippen molar-refractivity contribution < 1.29 is 13.2 Å². The summed E-state index contributed by atoms with van der Waals surface area (Å²) in [5.41, 5.74) is 3.25. The molecule has 1 aromatic heterocycles. The van der Waals surface area contributed by atoms with E-state index in [1.165, 1.54) is 24.3 Å². The summed E-state index contributed by atoms with van der Waals surface area (Å²) >= 11 is 6.26. The maximum atomic E-state index is 12.6. The second-order valence-electron chi connectivity index (χ2n) is 7.37. The van der Waals surface area contributed by atoms with Crippen molar-refractivity contribution in [1.82, 2.24) is 9.97 Å². The molecule has 0 saturated heterocycles. The van der Waals surface area contributed by atoms with Gasteiger partial charge in [0, 0.05) is 16.8 Å². The highest BCUT2D eigenvalue weighted by Crippen LogP contribution is 2.28. The molecule has 0 bridgehead atoms. The first kappa shape index (κ1) is 21.1. The molecular weight excluding hydrogens is 434 g/mol. The van der Waals surface area contributed by atoms with Crippen LogP contribution in [-0.2, 0) is 9.84 Å². The second kappa shape index (κ2) is 8.17. The molecule has 1 amide bonds. The summed E-state index contributed by atoms with van der Waals surface area (Å²) in [5.74, 6) is 0.310. The number of hydrogen-bond acceptors (Lipinski definition) is 4. The number of rotatable bonds is 5. The summed E-state index contributed by atoms with van der Waals surface area (Å²) in [7, 11) is -3.38. The number of nitrogens with one attached hydrogen (secondary N) is 2. The number of hydrogen-bond donors (Lipinski definition) is 2. The van der Waals surface area contributed by atoms with E-state index in [0.29, 0.717) is 22.1 Å². The molecule has 0 aliphatic heterocycles. The Kier molecular flexibility index (Phi) is 5.56. The van der Waals surface area contributed by atoms with Crippen molar-refractivity contribution in [3.05, 3.63) is 77.3 Å². The molecule has 0 radical (unpaired) electrons. The van der Waals surface area contributed by atoms with Gasteiger partial charge in [0.2, 0.25) is 0 Å². The summed E-state index contributed by atoms with van der Waals surface area (Å²) in [5, 5.41) is 2.90. The predicted molar refractivity (Wildman–Crippen MR) is 123 cm³/mol. The van der Waals surface area contributed by atoms with E-state index in [0.717, 1.165) is 16.6 Å². The number of H-pyrrole nitrogens is 1. The lowest BCUT2D eigenvalue weighted by Gasteiger charge is -2.09. The van der Waals surface area contributed by atoms with Crippen LogP contribution >= 0.6 is 11.6 Å². The Morgan fingerprint density at radius 2 is 1.74 bits per heavy atom. The summed E-state index contributed by atoms with van der Waals surface area (Å²) < 4.78 is 24.5. The maximum absolute atomic E-state index is 12.6. The Labute approximate surface area is 185 Å². The number of aromatic amines is 1. The maximum Gasteiger partial charge on any atom is 0.255 e. The smallest absolute Gasteiger partial charge is 0.255 e. The number of nitrogens with zero attached hydrogens (tertiary/aromatic N) is 1. The van der Waals surface area contributed by atoms with Gasteiger partial charge in [-0.05, 0) is 68.4 Å². The SMILES string of the molecule is CC(C)S(=O)(=O)c1ccc(C(=O)Nc2ccc3nc(-c4ccccc4Cl)[nH]c3c2)cc1. The number of aromatic nitrogens is 2. The topological polar surface area (TPSA) is 91.9 Å². The van der Waals surface area contributed by atoms with Gasteiger partial charge in [-0.2, -0.15) is 0 Å². The molecule has 0 saturated carbocycles. The van der Waals surface area contributed by atoms with Crippen LogP contribution in [0.5, 0.6) is 0 Å². The van der Waals surface area contributed by atoms with Crippen LogP contribution in [0, 0.1) is 0 Å². The Morgan fingerprint density at radius 1 is 1.03 bits per heavy atom. The molecule has 4 aromatic rings. The minimum absolute atomic E-state index is 0.199. The van der Waals surface area contributed by atoms with Crippen LogP contribution in [0.15, 0.2) is 71.6 Å². The van der Waals surface area contributed by atoms with Crippen molar-refractivity contribution in [2.75, 3.05) is 5.32 Å². The van der Waals surface area contributed by atoms with E-state index >= 15 is 0 Å². The van der Waals surface area contributed by atoms with Gasteiger partial charge < -0.3 is 10.3 Å².